The van der Waals surface area contributed by atoms with Gasteiger partial charge in [-0.05, 0) is 5.92 Å². The second-order valence-electron chi connectivity index (χ2n) is 4.12. The van der Waals surface area contributed by atoms with Crippen molar-refractivity contribution in [3.05, 3.63) is 0 Å². The summed E-state index contributed by atoms with van der Waals surface area (Å²) < 4.78 is 61.1. The molecule has 1 atom stereocenters. The molecule has 102 valence electrons. The number of hydrogen-bond acceptors (Lipinski definition) is 1. The van der Waals surface area contributed by atoms with Crippen LogP contribution >= 0.6 is 0 Å². The predicted octanol–water partition coefficient (Wildman–Crippen LogP) is 4.36. The van der Waals surface area contributed by atoms with Crippen LogP contribution in [0.15, 0.2) is 0 Å². The van der Waals surface area contributed by atoms with Gasteiger partial charge < -0.3 is 0 Å². The number of alkyl halides is 5. The summed E-state index contributed by atoms with van der Waals surface area (Å²) in [5.41, 5.74) is 0. The minimum atomic E-state index is -5.78. The van der Waals surface area contributed by atoms with Crippen molar-refractivity contribution in [3.63, 3.8) is 0 Å². The third kappa shape index (κ3) is 4.60. The Morgan fingerprint density at radius 1 is 1.12 bits per heavy atom. The highest BCUT2D eigenvalue weighted by Gasteiger charge is 2.62. The van der Waals surface area contributed by atoms with E-state index in [1.54, 1.807) is 6.92 Å². The van der Waals surface area contributed by atoms with E-state index >= 15 is 0 Å². The molecule has 0 aliphatic carbocycles. The number of ketones is 1. The smallest absolute Gasteiger partial charge is 0.293 e. The van der Waals surface area contributed by atoms with Gasteiger partial charge in [0.25, 0.3) is 0 Å². The molecule has 0 aromatic carbocycles. The molecule has 6 heteroatoms. The highest BCUT2D eigenvalue weighted by molar-refractivity contribution is 5.86. The zero-order valence-electron chi connectivity index (χ0n) is 9.91. The van der Waals surface area contributed by atoms with E-state index in [1.807, 2.05) is 6.92 Å². The molecule has 0 fully saturated rings. The van der Waals surface area contributed by atoms with Crippen LogP contribution in [0.3, 0.4) is 0 Å². The minimum Gasteiger partial charge on any atom is -0.293 e. The Morgan fingerprint density at radius 3 is 2.00 bits per heavy atom. The van der Waals surface area contributed by atoms with Crippen LogP contribution in [0.2, 0.25) is 0 Å². The molecule has 0 bridgehead atoms. The van der Waals surface area contributed by atoms with Crippen LogP contribution in [-0.2, 0) is 4.79 Å². The van der Waals surface area contributed by atoms with Crippen LogP contribution in [-0.4, -0.2) is 17.9 Å². The second kappa shape index (κ2) is 6.31. The molecule has 0 aromatic rings. The lowest BCUT2D eigenvalue weighted by molar-refractivity contribution is -0.269. The standard InChI is InChI=1S/C11H17F5O/c1-3-5-6-8(4-2)7-9(17)10(12,13)11(14,15)16/h8H,3-7H2,1-2H3. The lowest BCUT2D eigenvalue weighted by Gasteiger charge is -2.21. The summed E-state index contributed by atoms with van der Waals surface area (Å²) in [6, 6.07) is 0. The quantitative estimate of drug-likeness (QED) is 0.621. The summed E-state index contributed by atoms with van der Waals surface area (Å²) in [4.78, 5) is 11.0. The average molecular weight is 260 g/mol. The monoisotopic (exact) mass is 260 g/mol. The lowest BCUT2D eigenvalue weighted by Crippen LogP contribution is -2.44. The highest BCUT2D eigenvalue weighted by Crippen LogP contribution is 2.38. The molecular weight excluding hydrogens is 243 g/mol. The van der Waals surface area contributed by atoms with E-state index in [4.69, 9.17) is 0 Å². The summed E-state index contributed by atoms with van der Waals surface area (Å²) in [5, 5.41) is 0. The number of unbranched alkanes of at least 4 members (excludes halogenated alkanes) is 1. The summed E-state index contributed by atoms with van der Waals surface area (Å²) in [5.74, 6) is -7.63. The number of carbonyl (C=O) groups excluding carboxylic acids is 1. The van der Waals surface area contributed by atoms with Gasteiger partial charge in [-0.2, -0.15) is 22.0 Å². The fourth-order valence-corrected chi connectivity index (χ4v) is 1.49. The molecule has 0 aliphatic heterocycles. The highest BCUT2D eigenvalue weighted by atomic mass is 19.4. The van der Waals surface area contributed by atoms with Gasteiger partial charge in [-0.1, -0.05) is 39.5 Å². The third-order valence-electron chi connectivity index (χ3n) is 2.72. The van der Waals surface area contributed by atoms with Crippen LogP contribution < -0.4 is 0 Å². The maximum absolute atomic E-state index is 12.7. The van der Waals surface area contributed by atoms with E-state index in [-0.39, 0.29) is 0 Å². The van der Waals surface area contributed by atoms with Crippen LogP contribution in [0.25, 0.3) is 0 Å². The molecule has 1 unspecified atom stereocenters. The number of Topliss-reactive ketones (excluding diaryl/α,β-unsaturated/α-hetero) is 1. The normalized spacial score (nSPS) is 14.8. The molecule has 17 heavy (non-hydrogen) atoms. The fourth-order valence-electron chi connectivity index (χ4n) is 1.49. The molecule has 0 N–H and O–H groups in total. The van der Waals surface area contributed by atoms with Crippen molar-refractivity contribution in [3.8, 4) is 0 Å². The Morgan fingerprint density at radius 2 is 1.65 bits per heavy atom. The molecule has 0 heterocycles. The van der Waals surface area contributed by atoms with Gasteiger partial charge in [0.05, 0.1) is 0 Å². The SMILES string of the molecule is CCCCC(CC)CC(=O)C(F)(F)C(F)(F)F. The van der Waals surface area contributed by atoms with E-state index in [2.05, 4.69) is 0 Å². The number of hydrogen-bond donors (Lipinski definition) is 0. The Balaban J connectivity index is 4.51. The van der Waals surface area contributed by atoms with Crippen molar-refractivity contribution in [2.24, 2.45) is 5.92 Å². The van der Waals surface area contributed by atoms with Crippen molar-refractivity contribution in [2.75, 3.05) is 0 Å². The van der Waals surface area contributed by atoms with Gasteiger partial charge in [-0.3, -0.25) is 4.79 Å². The zero-order chi connectivity index (χ0) is 13.7. The first-order chi connectivity index (χ1) is 7.66. The van der Waals surface area contributed by atoms with Crippen molar-refractivity contribution >= 4 is 5.78 Å². The van der Waals surface area contributed by atoms with E-state index < -0.39 is 30.2 Å². The zero-order valence-corrected chi connectivity index (χ0v) is 9.91. The Bertz CT molecular complexity index is 247. The van der Waals surface area contributed by atoms with Crippen molar-refractivity contribution in [1.29, 1.82) is 0 Å². The maximum Gasteiger partial charge on any atom is 0.461 e. The molecule has 0 radical (unpaired) electrons. The van der Waals surface area contributed by atoms with E-state index in [0.717, 1.165) is 12.8 Å². The molecule has 0 amide bonds. The average Bonchev–Trinajstić information content (AvgIpc) is 2.22. The molecule has 0 spiro atoms. The van der Waals surface area contributed by atoms with Crippen molar-refractivity contribution < 1.29 is 26.7 Å². The Hall–Kier alpha value is -0.680. The van der Waals surface area contributed by atoms with Crippen LogP contribution in [0.1, 0.15) is 46.0 Å². The van der Waals surface area contributed by atoms with Gasteiger partial charge in [0.1, 0.15) is 0 Å². The largest absolute Gasteiger partial charge is 0.461 e. The van der Waals surface area contributed by atoms with Crippen molar-refractivity contribution in [1.82, 2.24) is 0 Å². The second-order valence-corrected chi connectivity index (χ2v) is 4.12. The summed E-state index contributed by atoms with van der Waals surface area (Å²) >= 11 is 0. The van der Waals surface area contributed by atoms with Crippen LogP contribution in [0.4, 0.5) is 22.0 Å². The van der Waals surface area contributed by atoms with E-state index in [0.29, 0.717) is 12.8 Å². The van der Waals surface area contributed by atoms with Crippen LogP contribution in [0.5, 0.6) is 0 Å². The van der Waals surface area contributed by atoms with Gasteiger partial charge in [0.2, 0.25) is 5.78 Å². The summed E-state index contributed by atoms with van der Waals surface area (Å²) in [6.07, 6.45) is -4.01. The first kappa shape index (κ1) is 16.3. The molecule has 0 aliphatic rings. The molecule has 0 rings (SSSR count). The Labute approximate surface area is 97.4 Å². The Kier molecular flexibility index (Phi) is 6.05. The first-order valence-electron chi connectivity index (χ1n) is 5.64. The van der Waals surface area contributed by atoms with Crippen molar-refractivity contribution in [2.45, 2.75) is 58.1 Å². The molecule has 1 nitrogen and oxygen atoms in total. The third-order valence-corrected chi connectivity index (χ3v) is 2.72. The minimum absolute atomic E-state index is 0.393. The van der Waals surface area contributed by atoms with E-state index in [1.165, 1.54) is 0 Å². The van der Waals surface area contributed by atoms with Gasteiger partial charge >= 0.3 is 12.1 Å². The fraction of sp³-hybridized carbons (Fsp3) is 0.909. The molecule has 0 saturated carbocycles. The number of halogens is 5. The lowest BCUT2D eigenvalue weighted by atomic mass is 9.92. The van der Waals surface area contributed by atoms with Gasteiger partial charge in [0.15, 0.2) is 0 Å². The predicted molar refractivity (Wildman–Crippen MR) is 53.9 cm³/mol. The van der Waals surface area contributed by atoms with Gasteiger partial charge in [-0.25, -0.2) is 0 Å². The molecular formula is C11H17F5O. The van der Waals surface area contributed by atoms with Crippen LogP contribution in [0, 0.1) is 5.92 Å². The van der Waals surface area contributed by atoms with Gasteiger partial charge in [-0.15, -0.1) is 0 Å². The number of rotatable bonds is 7. The topological polar surface area (TPSA) is 17.1 Å². The number of carbonyl (C=O) groups is 1. The van der Waals surface area contributed by atoms with Gasteiger partial charge in [0, 0.05) is 6.42 Å². The molecule has 0 aromatic heterocycles. The summed E-state index contributed by atoms with van der Waals surface area (Å²) in [6.45, 7) is 3.57. The molecule has 0 saturated heterocycles. The maximum atomic E-state index is 12.7. The van der Waals surface area contributed by atoms with E-state index in [9.17, 15) is 26.7 Å². The summed E-state index contributed by atoms with van der Waals surface area (Å²) in [7, 11) is 0. The first-order valence-corrected chi connectivity index (χ1v) is 5.64.